The lowest BCUT2D eigenvalue weighted by Gasteiger charge is -1.76. The van der Waals surface area contributed by atoms with E-state index in [0.29, 0.717) is 0 Å². The Balaban J connectivity index is 3.14. The topological polar surface area (TPSA) is 0 Å². The Kier molecular flexibility index (Phi) is 3.03. The van der Waals surface area contributed by atoms with Crippen molar-refractivity contribution in [2.24, 2.45) is 0 Å². The Bertz CT molecular complexity index is 54.6. The third-order valence-corrected chi connectivity index (χ3v) is 1.03. The van der Waals surface area contributed by atoms with Crippen LogP contribution in [0.5, 0.6) is 0 Å². The van der Waals surface area contributed by atoms with Crippen LogP contribution in [0.4, 0.5) is 4.11 Å². The van der Waals surface area contributed by atoms with Crippen LogP contribution in [-0.4, -0.2) is 9.85 Å². The van der Waals surface area contributed by atoms with Gasteiger partial charge in [-0.3, -0.25) is 0 Å². The van der Waals surface area contributed by atoms with Crippen molar-refractivity contribution in [3.8, 4) is 0 Å². The highest BCUT2D eigenvalue weighted by molar-refractivity contribution is 6.33. The summed E-state index contributed by atoms with van der Waals surface area (Å²) >= 11 is 0. The molecule has 6 heavy (non-hydrogen) atoms. The van der Waals surface area contributed by atoms with Crippen molar-refractivity contribution in [3.63, 3.8) is 0 Å². The molecule has 0 aromatic rings. The number of allylic oxidation sites excluding steroid dienone is 1. The molecule has 0 aromatic carbocycles. The summed E-state index contributed by atoms with van der Waals surface area (Å²) in [6.07, 6.45) is 0. The van der Waals surface area contributed by atoms with Crippen molar-refractivity contribution in [1.82, 2.24) is 0 Å². The Morgan fingerprint density at radius 2 is 2.17 bits per heavy atom. The Hall–Kier alpha value is -0.113. The maximum absolute atomic E-state index is 11.2. The lowest BCUT2D eigenvalue weighted by atomic mass is 10.4. The van der Waals surface area contributed by atoms with E-state index < -0.39 is 9.85 Å². The van der Waals surface area contributed by atoms with Crippen LogP contribution in [0, 0.1) is 0 Å². The van der Waals surface area contributed by atoms with Gasteiger partial charge in [0.15, 0.2) is 0 Å². The fourth-order valence-electron chi connectivity index (χ4n) is 0.109. The van der Waals surface area contributed by atoms with Crippen LogP contribution in [-0.2, 0) is 0 Å². The van der Waals surface area contributed by atoms with Crippen LogP contribution in [0.2, 0.25) is 0 Å². The summed E-state index contributed by atoms with van der Waals surface area (Å²) in [6, 6.07) is 0. The fourth-order valence-corrected chi connectivity index (χ4v) is 0.327. The van der Waals surface area contributed by atoms with Gasteiger partial charge in [-0.2, -0.15) is 0 Å². The molecule has 0 saturated heterocycles. The van der Waals surface area contributed by atoms with Crippen LogP contribution < -0.4 is 0 Å². The highest BCUT2D eigenvalue weighted by Gasteiger charge is 1.74. The van der Waals surface area contributed by atoms with Crippen molar-refractivity contribution < 1.29 is 4.11 Å². The standard InChI is InChI=1S/C4H7FSi/c1-4(2)3-6-5/h3H,1-2H3. The van der Waals surface area contributed by atoms with E-state index >= 15 is 0 Å². The van der Waals surface area contributed by atoms with Crippen LogP contribution >= 0.6 is 0 Å². The maximum atomic E-state index is 11.2. The molecule has 0 amide bonds. The van der Waals surface area contributed by atoms with Gasteiger partial charge in [0.05, 0.1) is 0 Å². The van der Waals surface area contributed by atoms with Crippen molar-refractivity contribution >= 4 is 9.85 Å². The van der Waals surface area contributed by atoms with Crippen LogP contribution in [0.1, 0.15) is 13.8 Å². The number of rotatable bonds is 1. The zero-order chi connectivity index (χ0) is 4.99. The average Bonchev–Trinajstić information content (AvgIpc) is 1.35. The minimum atomic E-state index is -0.524. The Morgan fingerprint density at radius 1 is 1.67 bits per heavy atom. The molecule has 0 saturated carbocycles. The third kappa shape index (κ3) is 3.89. The summed E-state index contributed by atoms with van der Waals surface area (Å²) in [7, 11) is -0.524. The highest BCUT2D eigenvalue weighted by Crippen LogP contribution is 1.84. The van der Waals surface area contributed by atoms with Gasteiger partial charge in [0.2, 0.25) is 0 Å². The van der Waals surface area contributed by atoms with Gasteiger partial charge >= 0.3 is 9.85 Å². The molecule has 2 radical (unpaired) electrons. The molecule has 0 rings (SSSR count). The van der Waals surface area contributed by atoms with Gasteiger partial charge in [-0.15, -0.1) is 0 Å². The summed E-state index contributed by atoms with van der Waals surface area (Å²) in [6.45, 7) is 3.76. The molecule has 0 aliphatic heterocycles. The lowest BCUT2D eigenvalue weighted by Crippen LogP contribution is -1.69. The molecule has 0 N–H and O–H groups in total. The second-order valence-electron chi connectivity index (χ2n) is 1.33. The number of hydrogen-bond acceptors (Lipinski definition) is 0. The SMILES string of the molecule is CC(C)=C[Si]F. The molecule has 0 fully saturated rings. The van der Waals surface area contributed by atoms with Gasteiger partial charge in [0.1, 0.15) is 0 Å². The molecule has 0 aromatic heterocycles. The van der Waals surface area contributed by atoms with E-state index in [9.17, 15) is 4.11 Å². The van der Waals surface area contributed by atoms with Crippen molar-refractivity contribution in [3.05, 3.63) is 11.3 Å². The molecule has 0 bridgehead atoms. The van der Waals surface area contributed by atoms with E-state index in [1.54, 1.807) is 5.70 Å². The molecule has 0 nitrogen and oxygen atoms in total. The molecular weight excluding hydrogens is 95.1 g/mol. The quantitative estimate of drug-likeness (QED) is 0.347. The highest BCUT2D eigenvalue weighted by atomic mass is 28.3. The first-order valence-electron chi connectivity index (χ1n) is 1.77. The zero-order valence-electron chi connectivity index (χ0n) is 3.96. The molecule has 0 spiro atoms. The molecule has 0 aliphatic rings. The van der Waals surface area contributed by atoms with Gasteiger partial charge in [-0.05, 0) is 13.8 Å². The smallest absolute Gasteiger partial charge is 0.309 e. The van der Waals surface area contributed by atoms with E-state index in [0.717, 1.165) is 5.57 Å². The monoisotopic (exact) mass is 102 g/mol. The minimum Gasteiger partial charge on any atom is -0.309 e. The summed E-state index contributed by atoms with van der Waals surface area (Å²) in [5, 5.41) is 0. The van der Waals surface area contributed by atoms with Gasteiger partial charge in [0.25, 0.3) is 0 Å². The molecule has 2 heteroatoms. The summed E-state index contributed by atoms with van der Waals surface area (Å²) in [5.41, 5.74) is 2.62. The lowest BCUT2D eigenvalue weighted by molar-refractivity contribution is 0.883. The zero-order valence-corrected chi connectivity index (χ0v) is 4.96. The first-order valence-corrected chi connectivity index (χ1v) is 2.72. The number of halogens is 1. The van der Waals surface area contributed by atoms with Crippen LogP contribution in [0.3, 0.4) is 0 Å². The van der Waals surface area contributed by atoms with Crippen molar-refractivity contribution in [2.45, 2.75) is 13.8 Å². The summed E-state index contributed by atoms with van der Waals surface area (Å²) in [5.74, 6) is 0. The van der Waals surface area contributed by atoms with Gasteiger partial charge in [-0.1, -0.05) is 11.3 Å². The summed E-state index contributed by atoms with van der Waals surface area (Å²) in [4.78, 5) is 0. The predicted octanol–water partition coefficient (Wildman–Crippen LogP) is 1.50. The normalized spacial score (nSPS) is 7.83. The molecule has 0 aliphatic carbocycles. The first-order chi connectivity index (χ1) is 2.77. The van der Waals surface area contributed by atoms with Gasteiger partial charge < -0.3 is 4.11 Å². The van der Waals surface area contributed by atoms with E-state index in [-0.39, 0.29) is 0 Å². The third-order valence-electron chi connectivity index (χ3n) is 0.343. The molecular formula is C4H7FSi. The Morgan fingerprint density at radius 3 is 2.17 bits per heavy atom. The van der Waals surface area contributed by atoms with Crippen LogP contribution in [0.15, 0.2) is 11.3 Å². The van der Waals surface area contributed by atoms with Crippen molar-refractivity contribution in [2.75, 3.05) is 0 Å². The van der Waals surface area contributed by atoms with Crippen LogP contribution in [0.25, 0.3) is 0 Å². The van der Waals surface area contributed by atoms with Gasteiger partial charge in [0, 0.05) is 0 Å². The van der Waals surface area contributed by atoms with Gasteiger partial charge in [-0.25, -0.2) is 0 Å². The minimum absolute atomic E-state index is 0.524. The Labute approximate surface area is 40.1 Å². The summed E-state index contributed by atoms with van der Waals surface area (Å²) < 4.78 is 11.2. The predicted molar refractivity (Wildman–Crippen MR) is 26.3 cm³/mol. The second kappa shape index (κ2) is 3.09. The second-order valence-corrected chi connectivity index (χ2v) is 1.84. The first kappa shape index (κ1) is 5.89. The molecule has 0 unspecified atom stereocenters. The van der Waals surface area contributed by atoms with Crippen molar-refractivity contribution in [1.29, 1.82) is 0 Å². The molecule has 0 heterocycles. The van der Waals surface area contributed by atoms with E-state index in [2.05, 4.69) is 0 Å². The number of hydrogen-bond donors (Lipinski definition) is 0. The largest absolute Gasteiger partial charge is 0.325 e. The molecule has 34 valence electrons. The van der Waals surface area contributed by atoms with E-state index in [4.69, 9.17) is 0 Å². The fraction of sp³-hybridized carbons (Fsp3) is 0.500. The van der Waals surface area contributed by atoms with E-state index in [1.807, 2.05) is 13.8 Å². The average molecular weight is 102 g/mol. The van der Waals surface area contributed by atoms with E-state index in [1.165, 1.54) is 0 Å². The maximum Gasteiger partial charge on any atom is 0.325 e. The molecule has 0 atom stereocenters.